The Morgan fingerprint density at radius 3 is 2.50 bits per heavy atom. The molecule has 1 unspecified atom stereocenters. The number of amides is 1. The molecule has 1 amide bonds. The zero-order valence-corrected chi connectivity index (χ0v) is 14.9. The van der Waals surface area contributed by atoms with Gasteiger partial charge in [0.1, 0.15) is 6.61 Å². The van der Waals surface area contributed by atoms with Gasteiger partial charge in [0.05, 0.1) is 7.11 Å². The summed E-state index contributed by atoms with van der Waals surface area (Å²) in [6, 6.07) is 12.8. The second-order valence-electron chi connectivity index (χ2n) is 5.56. The molecule has 1 N–H and O–H groups in total. The van der Waals surface area contributed by atoms with Gasteiger partial charge in [-0.3, -0.25) is 4.79 Å². The lowest BCUT2D eigenvalue weighted by Gasteiger charge is -2.14. The average molecular weight is 348 g/mol. The van der Waals surface area contributed by atoms with Crippen molar-refractivity contribution in [2.45, 2.75) is 32.9 Å². The van der Waals surface area contributed by atoms with Crippen molar-refractivity contribution in [1.29, 1.82) is 0 Å². The van der Waals surface area contributed by atoms with Gasteiger partial charge in [-0.1, -0.05) is 30.7 Å². The van der Waals surface area contributed by atoms with E-state index in [4.69, 9.17) is 21.1 Å². The first-order valence-electron chi connectivity index (χ1n) is 7.89. The van der Waals surface area contributed by atoms with Crippen molar-refractivity contribution in [2.24, 2.45) is 0 Å². The largest absolute Gasteiger partial charge is 0.493 e. The lowest BCUT2D eigenvalue weighted by Crippen LogP contribution is -2.31. The number of rotatable bonds is 7. The highest BCUT2D eigenvalue weighted by Gasteiger charge is 2.13. The molecule has 2 aromatic rings. The quantitative estimate of drug-likeness (QED) is 0.804. The van der Waals surface area contributed by atoms with Crippen LogP contribution in [0.2, 0.25) is 5.02 Å². The Morgan fingerprint density at radius 1 is 1.17 bits per heavy atom. The third-order valence-corrected chi connectivity index (χ3v) is 3.98. The van der Waals surface area contributed by atoms with Crippen LogP contribution in [0, 0.1) is 0 Å². The van der Waals surface area contributed by atoms with E-state index in [1.165, 1.54) is 0 Å². The van der Waals surface area contributed by atoms with E-state index in [2.05, 4.69) is 5.32 Å². The second-order valence-corrected chi connectivity index (χ2v) is 6.00. The van der Waals surface area contributed by atoms with Gasteiger partial charge >= 0.3 is 0 Å². The van der Waals surface area contributed by atoms with Crippen LogP contribution in [0.5, 0.6) is 11.5 Å². The Bertz CT molecular complexity index is 686. The van der Waals surface area contributed by atoms with Crippen LogP contribution in [0.4, 0.5) is 0 Å². The molecule has 0 aliphatic heterocycles. The highest BCUT2D eigenvalue weighted by Crippen LogP contribution is 2.29. The summed E-state index contributed by atoms with van der Waals surface area (Å²) >= 11 is 5.87. The van der Waals surface area contributed by atoms with Crippen molar-refractivity contribution in [2.75, 3.05) is 7.11 Å². The molecule has 5 heteroatoms. The molecule has 0 aliphatic rings. The Kier molecular flexibility index (Phi) is 6.50. The third kappa shape index (κ3) is 4.90. The summed E-state index contributed by atoms with van der Waals surface area (Å²) in [6.07, 6.45) is 0.880. The van der Waals surface area contributed by atoms with Gasteiger partial charge in [-0.2, -0.15) is 0 Å². The SMILES string of the molecule is CCC(C)NC(=O)c1ccc(OCc2ccc(Cl)cc2)c(OC)c1. The first-order chi connectivity index (χ1) is 11.5. The highest BCUT2D eigenvalue weighted by atomic mass is 35.5. The average Bonchev–Trinajstić information content (AvgIpc) is 2.60. The number of carbonyl (C=O) groups is 1. The van der Waals surface area contributed by atoms with Crippen molar-refractivity contribution in [3.63, 3.8) is 0 Å². The molecule has 2 rings (SSSR count). The Labute approximate surface area is 147 Å². The summed E-state index contributed by atoms with van der Waals surface area (Å²) in [5, 5.41) is 3.62. The molecule has 0 aromatic heterocycles. The fraction of sp³-hybridized carbons (Fsp3) is 0.316. The standard InChI is InChI=1S/C19H22ClNO3/c1-4-13(2)21-19(22)15-7-10-17(18(11-15)23-3)24-12-14-5-8-16(20)9-6-14/h5-11,13H,4,12H2,1-3H3,(H,21,22). The molecule has 0 saturated heterocycles. The molecule has 0 saturated carbocycles. The van der Waals surface area contributed by atoms with E-state index < -0.39 is 0 Å². The van der Waals surface area contributed by atoms with Crippen molar-refractivity contribution >= 4 is 17.5 Å². The number of hydrogen-bond donors (Lipinski definition) is 1. The van der Waals surface area contributed by atoms with Gasteiger partial charge in [0, 0.05) is 16.6 Å². The van der Waals surface area contributed by atoms with Crippen molar-refractivity contribution in [3.05, 3.63) is 58.6 Å². The second kappa shape index (κ2) is 8.60. The monoisotopic (exact) mass is 347 g/mol. The molecule has 0 spiro atoms. The minimum atomic E-state index is -0.119. The molecule has 1 atom stereocenters. The van der Waals surface area contributed by atoms with Crippen molar-refractivity contribution < 1.29 is 14.3 Å². The summed E-state index contributed by atoms with van der Waals surface area (Å²) < 4.78 is 11.1. The zero-order chi connectivity index (χ0) is 17.5. The topological polar surface area (TPSA) is 47.6 Å². The molecule has 0 radical (unpaired) electrons. The number of nitrogens with one attached hydrogen (secondary N) is 1. The number of ether oxygens (including phenoxy) is 2. The number of carbonyl (C=O) groups excluding carboxylic acids is 1. The van der Waals surface area contributed by atoms with Gasteiger partial charge < -0.3 is 14.8 Å². The fourth-order valence-corrected chi connectivity index (χ4v) is 2.20. The molecule has 0 heterocycles. The van der Waals surface area contributed by atoms with Crippen LogP contribution in [0.3, 0.4) is 0 Å². The lowest BCUT2D eigenvalue weighted by atomic mass is 10.1. The van der Waals surface area contributed by atoms with E-state index in [0.29, 0.717) is 28.7 Å². The minimum Gasteiger partial charge on any atom is -0.493 e. The zero-order valence-electron chi connectivity index (χ0n) is 14.1. The molecule has 0 bridgehead atoms. The Balaban J connectivity index is 2.08. The summed E-state index contributed by atoms with van der Waals surface area (Å²) in [5.74, 6) is 1.00. The van der Waals surface area contributed by atoms with Crippen LogP contribution in [0.25, 0.3) is 0 Å². The summed E-state index contributed by atoms with van der Waals surface area (Å²) in [5.41, 5.74) is 1.55. The molecule has 0 aliphatic carbocycles. The summed E-state index contributed by atoms with van der Waals surface area (Å²) in [7, 11) is 1.56. The van der Waals surface area contributed by atoms with E-state index in [0.717, 1.165) is 12.0 Å². The maximum atomic E-state index is 12.2. The first-order valence-corrected chi connectivity index (χ1v) is 8.27. The van der Waals surface area contributed by atoms with E-state index in [9.17, 15) is 4.79 Å². The predicted octanol–water partition coefficient (Wildman–Crippen LogP) is 4.46. The minimum absolute atomic E-state index is 0.119. The van der Waals surface area contributed by atoms with Gasteiger partial charge in [-0.15, -0.1) is 0 Å². The maximum absolute atomic E-state index is 12.2. The number of halogens is 1. The molecule has 4 nitrogen and oxygen atoms in total. The van der Waals surface area contributed by atoms with Gasteiger partial charge in [0.2, 0.25) is 0 Å². The van der Waals surface area contributed by atoms with E-state index >= 15 is 0 Å². The smallest absolute Gasteiger partial charge is 0.251 e. The first kappa shape index (κ1) is 18.1. The molecule has 0 fully saturated rings. The van der Waals surface area contributed by atoms with Gasteiger partial charge in [-0.25, -0.2) is 0 Å². The summed E-state index contributed by atoms with van der Waals surface area (Å²) in [6.45, 7) is 4.39. The maximum Gasteiger partial charge on any atom is 0.251 e. The fourth-order valence-electron chi connectivity index (χ4n) is 2.08. The summed E-state index contributed by atoms with van der Waals surface area (Å²) in [4.78, 5) is 12.2. The lowest BCUT2D eigenvalue weighted by molar-refractivity contribution is 0.0939. The van der Waals surface area contributed by atoms with E-state index in [1.807, 2.05) is 38.1 Å². The van der Waals surface area contributed by atoms with Gasteiger partial charge in [0.15, 0.2) is 11.5 Å². The van der Waals surface area contributed by atoms with Crippen LogP contribution < -0.4 is 14.8 Å². The van der Waals surface area contributed by atoms with Crippen molar-refractivity contribution in [1.82, 2.24) is 5.32 Å². The molecule has 128 valence electrons. The van der Waals surface area contributed by atoms with Crippen LogP contribution in [-0.4, -0.2) is 19.1 Å². The molecule has 24 heavy (non-hydrogen) atoms. The van der Waals surface area contributed by atoms with Gasteiger partial charge in [0.25, 0.3) is 5.91 Å². The van der Waals surface area contributed by atoms with Gasteiger partial charge in [-0.05, 0) is 49.2 Å². The van der Waals surface area contributed by atoms with E-state index in [1.54, 1.807) is 25.3 Å². The number of methoxy groups -OCH3 is 1. The Hall–Kier alpha value is -2.20. The van der Waals surface area contributed by atoms with Crippen molar-refractivity contribution in [3.8, 4) is 11.5 Å². The number of benzene rings is 2. The molecular weight excluding hydrogens is 326 g/mol. The van der Waals surface area contributed by atoms with E-state index in [-0.39, 0.29) is 11.9 Å². The molecule has 2 aromatic carbocycles. The Morgan fingerprint density at radius 2 is 1.88 bits per heavy atom. The predicted molar refractivity (Wildman–Crippen MR) is 96.0 cm³/mol. The normalized spacial score (nSPS) is 11.7. The van der Waals surface area contributed by atoms with Crippen LogP contribution in [0.1, 0.15) is 36.2 Å². The highest BCUT2D eigenvalue weighted by molar-refractivity contribution is 6.30. The number of hydrogen-bond acceptors (Lipinski definition) is 3. The van der Waals surface area contributed by atoms with Crippen LogP contribution >= 0.6 is 11.6 Å². The van der Waals surface area contributed by atoms with Crippen LogP contribution in [0.15, 0.2) is 42.5 Å². The van der Waals surface area contributed by atoms with Crippen LogP contribution in [-0.2, 0) is 6.61 Å². The molecular formula is C19H22ClNO3. The third-order valence-electron chi connectivity index (χ3n) is 3.72.